The lowest BCUT2D eigenvalue weighted by atomic mass is 10.1. The largest absolute Gasteiger partial charge is 0.497 e. The van der Waals surface area contributed by atoms with E-state index >= 15 is 0 Å². The van der Waals surface area contributed by atoms with E-state index in [-0.39, 0.29) is 12.0 Å². The van der Waals surface area contributed by atoms with Gasteiger partial charge in [0.1, 0.15) is 5.75 Å². The number of carbonyl (C=O) groups is 1. The van der Waals surface area contributed by atoms with Crippen LogP contribution in [-0.4, -0.2) is 66.8 Å². The molecule has 1 fully saturated rings. The molecule has 0 saturated carbocycles. The molecular formula is C18H28N2O3. The molecule has 23 heavy (non-hydrogen) atoms. The summed E-state index contributed by atoms with van der Waals surface area (Å²) in [5.74, 6) is 1.06. The minimum absolute atomic E-state index is 0.219. The molecule has 0 aromatic heterocycles. The highest BCUT2D eigenvalue weighted by Crippen LogP contribution is 2.13. The van der Waals surface area contributed by atoms with Gasteiger partial charge in [-0.3, -0.25) is 9.69 Å². The molecule has 5 nitrogen and oxygen atoms in total. The number of piperazine rings is 1. The summed E-state index contributed by atoms with van der Waals surface area (Å²) in [6.45, 7) is 5.93. The summed E-state index contributed by atoms with van der Waals surface area (Å²) in [4.78, 5) is 16.5. The van der Waals surface area contributed by atoms with E-state index in [9.17, 15) is 9.90 Å². The second-order valence-corrected chi connectivity index (χ2v) is 6.09. The second-order valence-electron chi connectivity index (χ2n) is 6.09. The fraction of sp³-hybridized carbons (Fsp3) is 0.611. The molecule has 1 aromatic carbocycles. The minimum atomic E-state index is -0.257. The average Bonchev–Trinajstić information content (AvgIpc) is 2.60. The first-order chi connectivity index (χ1) is 11.1. The van der Waals surface area contributed by atoms with Gasteiger partial charge in [0.15, 0.2) is 0 Å². The molecule has 1 aromatic rings. The zero-order chi connectivity index (χ0) is 16.7. The molecule has 1 aliphatic heterocycles. The first kappa shape index (κ1) is 17.8. The smallest absolute Gasteiger partial charge is 0.222 e. The Balaban J connectivity index is 1.72. The first-order valence-corrected chi connectivity index (χ1v) is 8.43. The van der Waals surface area contributed by atoms with Crippen molar-refractivity contribution in [2.24, 2.45) is 0 Å². The molecule has 128 valence electrons. The third kappa shape index (κ3) is 5.52. The van der Waals surface area contributed by atoms with E-state index < -0.39 is 0 Å². The molecule has 0 bridgehead atoms. The van der Waals surface area contributed by atoms with Gasteiger partial charge in [0.05, 0.1) is 13.2 Å². The number of aliphatic hydroxyl groups excluding tert-OH is 1. The summed E-state index contributed by atoms with van der Waals surface area (Å²) < 4.78 is 5.14. The summed E-state index contributed by atoms with van der Waals surface area (Å²) in [5.41, 5.74) is 1.16. The van der Waals surface area contributed by atoms with Crippen LogP contribution >= 0.6 is 0 Å². The van der Waals surface area contributed by atoms with E-state index in [0.717, 1.165) is 50.3 Å². The molecule has 1 atom stereocenters. The van der Waals surface area contributed by atoms with Crippen molar-refractivity contribution in [2.75, 3.05) is 39.8 Å². The zero-order valence-corrected chi connectivity index (χ0v) is 14.2. The highest BCUT2D eigenvalue weighted by atomic mass is 16.5. The number of β-amino-alcohol motifs (C(OH)–C–C–N with tert-alkyl or cyclic N) is 1. The van der Waals surface area contributed by atoms with E-state index in [1.165, 1.54) is 0 Å². The maximum absolute atomic E-state index is 12.3. The van der Waals surface area contributed by atoms with Crippen molar-refractivity contribution in [1.82, 2.24) is 9.80 Å². The molecule has 5 heteroatoms. The SMILES string of the molecule is CCC(O)CN1CCN(C(=O)CCc2ccc(OC)cc2)CC1. The van der Waals surface area contributed by atoms with Crippen molar-refractivity contribution in [3.63, 3.8) is 0 Å². The number of benzene rings is 1. The normalized spacial score (nSPS) is 17.1. The average molecular weight is 320 g/mol. The lowest BCUT2D eigenvalue weighted by molar-refractivity contribution is -0.133. The number of rotatable bonds is 7. The number of carbonyl (C=O) groups excluding carboxylic acids is 1. The van der Waals surface area contributed by atoms with Gasteiger partial charge in [0.2, 0.25) is 5.91 Å². The minimum Gasteiger partial charge on any atom is -0.497 e. The Morgan fingerprint density at radius 2 is 1.87 bits per heavy atom. The Hall–Kier alpha value is -1.59. The van der Waals surface area contributed by atoms with Crippen LogP contribution in [0.1, 0.15) is 25.3 Å². The van der Waals surface area contributed by atoms with Crippen LogP contribution in [0.15, 0.2) is 24.3 Å². The number of amides is 1. The van der Waals surface area contributed by atoms with Crippen LogP contribution in [0.2, 0.25) is 0 Å². The molecule has 1 amide bonds. The molecule has 1 saturated heterocycles. The standard InChI is InChI=1S/C18H28N2O3/c1-3-16(21)14-19-10-12-20(13-11-19)18(22)9-6-15-4-7-17(23-2)8-5-15/h4-5,7-8,16,21H,3,6,9-14H2,1-2H3. The highest BCUT2D eigenvalue weighted by molar-refractivity contribution is 5.76. The van der Waals surface area contributed by atoms with Crippen LogP contribution in [-0.2, 0) is 11.2 Å². The number of aliphatic hydroxyl groups is 1. The Labute approximate surface area is 138 Å². The van der Waals surface area contributed by atoms with Gasteiger partial charge in [-0.1, -0.05) is 19.1 Å². The van der Waals surface area contributed by atoms with E-state index in [0.29, 0.717) is 13.0 Å². The summed E-state index contributed by atoms with van der Waals surface area (Å²) in [6, 6.07) is 7.88. The molecule has 0 spiro atoms. The molecule has 0 aliphatic carbocycles. The highest BCUT2D eigenvalue weighted by Gasteiger charge is 2.21. The maximum Gasteiger partial charge on any atom is 0.222 e. The van der Waals surface area contributed by atoms with Gasteiger partial charge in [0.25, 0.3) is 0 Å². The van der Waals surface area contributed by atoms with Crippen LogP contribution < -0.4 is 4.74 Å². The van der Waals surface area contributed by atoms with Crippen molar-refractivity contribution in [3.05, 3.63) is 29.8 Å². The van der Waals surface area contributed by atoms with Gasteiger partial charge in [-0.15, -0.1) is 0 Å². The summed E-state index contributed by atoms with van der Waals surface area (Å²) in [5, 5.41) is 9.70. The van der Waals surface area contributed by atoms with Gasteiger partial charge in [-0.05, 0) is 30.5 Å². The van der Waals surface area contributed by atoms with Gasteiger partial charge >= 0.3 is 0 Å². The Bertz CT molecular complexity index is 482. The van der Waals surface area contributed by atoms with Crippen LogP contribution in [0, 0.1) is 0 Å². The van der Waals surface area contributed by atoms with Gasteiger partial charge in [0, 0.05) is 39.1 Å². The van der Waals surface area contributed by atoms with Crippen LogP contribution in [0.4, 0.5) is 0 Å². The molecule has 1 N–H and O–H groups in total. The monoisotopic (exact) mass is 320 g/mol. The first-order valence-electron chi connectivity index (χ1n) is 8.43. The number of hydrogen-bond donors (Lipinski definition) is 1. The van der Waals surface area contributed by atoms with Crippen molar-refractivity contribution >= 4 is 5.91 Å². The van der Waals surface area contributed by atoms with Crippen molar-refractivity contribution < 1.29 is 14.6 Å². The number of aryl methyl sites for hydroxylation is 1. The quantitative estimate of drug-likeness (QED) is 0.828. The van der Waals surface area contributed by atoms with E-state index in [2.05, 4.69) is 4.90 Å². The Kier molecular flexibility index (Phi) is 6.86. The predicted octanol–water partition coefficient (Wildman–Crippen LogP) is 1.54. The van der Waals surface area contributed by atoms with Crippen molar-refractivity contribution in [3.8, 4) is 5.75 Å². The van der Waals surface area contributed by atoms with Gasteiger partial charge in [-0.25, -0.2) is 0 Å². The summed E-state index contributed by atoms with van der Waals surface area (Å²) in [7, 11) is 1.65. The van der Waals surface area contributed by atoms with Crippen LogP contribution in [0.5, 0.6) is 5.75 Å². The number of nitrogens with zero attached hydrogens (tertiary/aromatic N) is 2. The van der Waals surface area contributed by atoms with Crippen molar-refractivity contribution in [1.29, 1.82) is 0 Å². The number of hydrogen-bond acceptors (Lipinski definition) is 4. The third-order valence-corrected chi connectivity index (χ3v) is 4.45. The Morgan fingerprint density at radius 3 is 2.43 bits per heavy atom. The fourth-order valence-corrected chi connectivity index (χ4v) is 2.81. The molecular weight excluding hydrogens is 292 g/mol. The molecule has 2 rings (SSSR count). The summed E-state index contributed by atoms with van der Waals surface area (Å²) >= 11 is 0. The van der Waals surface area contributed by atoms with E-state index in [1.54, 1.807) is 7.11 Å². The molecule has 1 unspecified atom stereocenters. The van der Waals surface area contributed by atoms with Crippen LogP contribution in [0.3, 0.4) is 0 Å². The Morgan fingerprint density at radius 1 is 1.22 bits per heavy atom. The van der Waals surface area contributed by atoms with Gasteiger partial charge < -0.3 is 14.7 Å². The van der Waals surface area contributed by atoms with Gasteiger partial charge in [-0.2, -0.15) is 0 Å². The number of ether oxygens (including phenoxy) is 1. The van der Waals surface area contributed by atoms with E-state index in [4.69, 9.17) is 4.74 Å². The molecule has 1 heterocycles. The van der Waals surface area contributed by atoms with E-state index in [1.807, 2.05) is 36.1 Å². The van der Waals surface area contributed by atoms with Crippen LogP contribution in [0.25, 0.3) is 0 Å². The fourth-order valence-electron chi connectivity index (χ4n) is 2.81. The molecule has 0 radical (unpaired) electrons. The molecule has 1 aliphatic rings. The number of methoxy groups -OCH3 is 1. The lowest BCUT2D eigenvalue weighted by Crippen LogP contribution is -2.50. The zero-order valence-electron chi connectivity index (χ0n) is 14.2. The predicted molar refractivity (Wildman–Crippen MR) is 90.6 cm³/mol. The second kappa shape index (κ2) is 8.89. The lowest BCUT2D eigenvalue weighted by Gasteiger charge is -2.35. The topological polar surface area (TPSA) is 53.0 Å². The maximum atomic E-state index is 12.3. The summed E-state index contributed by atoms with van der Waals surface area (Å²) in [6.07, 6.45) is 1.83. The van der Waals surface area contributed by atoms with Crippen molar-refractivity contribution in [2.45, 2.75) is 32.3 Å². The third-order valence-electron chi connectivity index (χ3n) is 4.45.